The fourth-order valence-corrected chi connectivity index (χ4v) is 3.63. The number of carbonyl (C=O) groups is 3. The number of aliphatic carboxylic acids is 1. The molecule has 1 aromatic carbocycles. The van der Waals surface area contributed by atoms with Crippen molar-refractivity contribution in [2.75, 3.05) is 6.61 Å². The SMILES string of the molecule is O=C(NC1(c2ccc(OC(F)(F)F)c(F)c2)CCOc2cccnc21)c1ccc(C(=O)O)nc1.O=C(O)C(F)(F)F. The number of amides is 1. The number of hydrogen-bond donors (Lipinski definition) is 3. The summed E-state index contributed by atoms with van der Waals surface area (Å²) in [6, 6.07) is 8.40. The molecule has 2 aromatic heterocycles. The molecule has 0 fully saturated rings. The molecule has 1 aliphatic heterocycles. The molecule has 4 rings (SSSR count). The first-order valence-electron chi connectivity index (χ1n) is 11.0. The van der Waals surface area contributed by atoms with Crippen LogP contribution >= 0.6 is 0 Å². The van der Waals surface area contributed by atoms with E-state index in [-0.39, 0.29) is 35.5 Å². The van der Waals surface area contributed by atoms with Crippen LogP contribution < -0.4 is 14.8 Å². The first-order chi connectivity index (χ1) is 19.0. The predicted molar refractivity (Wildman–Crippen MR) is 121 cm³/mol. The lowest BCUT2D eigenvalue weighted by Gasteiger charge is -2.39. The number of carboxylic acids is 2. The summed E-state index contributed by atoms with van der Waals surface area (Å²) in [5.74, 6) is -6.75. The third-order valence-corrected chi connectivity index (χ3v) is 5.37. The number of halogens is 7. The lowest BCUT2D eigenvalue weighted by atomic mass is 9.81. The van der Waals surface area contributed by atoms with Gasteiger partial charge in [0.25, 0.3) is 5.91 Å². The number of alkyl halides is 6. The molecule has 10 nitrogen and oxygen atoms in total. The number of ether oxygens (including phenoxy) is 2. The number of carbonyl (C=O) groups excluding carboxylic acids is 1. The highest BCUT2D eigenvalue weighted by Crippen LogP contribution is 2.42. The van der Waals surface area contributed by atoms with E-state index in [0.29, 0.717) is 5.75 Å². The van der Waals surface area contributed by atoms with Crippen molar-refractivity contribution >= 4 is 17.8 Å². The number of nitrogens with zero attached hydrogens (tertiary/aromatic N) is 2. The smallest absolute Gasteiger partial charge is 0.491 e. The van der Waals surface area contributed by atoms with Crippen molar-refractivity contribution in [2.45, 2.75) is 24.5 Å². The minimum atomic E-state index is -5.09. The lowest BCUT2D eigenvalue weighted by Crippen LogP contribution is -2.50. The Morgan fingerprint density at radius 1 is 1.00 bits per heavy atom. The van der Waals surface area contributed by atoms with Crippen LogP contribution in [0.3, 0.4) is 0 Å². The van der Waals surface area contributed by atoms with Gasteiger partial charge >= 0.3 is 24.5 Å². The average Bonchev–Trinajstić information content (AvgIpc) is 2.89. The van der Waals surface area contributed by atoms with Gasteiger partial charge in [-0.15, -0.1) is 13.2 Å². The van der Waals surface area contributed by atoms with Crippen molar-refractivity contribution in [1.29, 1.82) is 0 Å². The molecule has 1 aliphatic rings. The fraction of sp³-hybridized carbons (Fsp3) is 0.208. The Hall–Kier alpha value is -4.96. The van der Waals surface area contributed by atoms with E-state index in [0.717, 1.165) is 24.4 Å². The Balaban J connectivity index is 0.000000587. The maximum absolute atomic E-state index is 14.6. The van der Waals surface area contributed by atoms with Crippen LogP contribution in [0.2, 0.25) is 0 Å². The van der Waals surface area contributed by atoms with E-state index in [1.807, 2.05) is 0 Å². The van der Waals surface area contributed by atoms with Crippen molar-refractivity contribution in [3.05, 3.63) is 83.2 Å². The van der Waals surface area contributed by atoms with Gasteiger partial charge in [0.05, 0.1) is 12.2 Å². The van der Waals surface area contributed by atoms with Crippen molar-refractivity contribution < 1.29 is 64.8 Å². The summed E-state index contributed by atoms with van der Waals surface area (Å²) in [5, 5.41) is 18.9. The van der Waals surface area contributed by atoms with E-state index in [4.69, 9.17) is 19.7 Å². The van der Waals surface area contributed by atoms with E-state index in [9.17, 15) is 40.3 Å². The number of nitrogens with one attached hydrogen (secondary N) is 1. The van der Waals surface area contributed by atoms with Crippen LogP contribution in [-0.2, 0) is 10.3 Å². The van der Waals surface area contributed by atoms with Crippen molar-refractivity contribution in [1.82, 2.24) is 15.3 Å². The molecule has 1 atom stereocenters. The molecule has 0 bridgehead atoms. The van der Waals surface area contributed by atoms with Crippen molar-refractivity contribution in [3.8, 4) is 11.5 Å². The van der Waals surface area contributed by atoms with E-state index >= 15 is 0 Å². The summed E-state index contributed by atoms with van der Waals surface area (Å²) < 4.78 is 93.3. The van der Waals surface area contributed by atoms with Crippen LogP contribution in [0.4, 0.5) is 30.7 Å². The summed E-state index contributed by atoms with van der Waals surface area (Å²) in [7, 11) is 0. The molecule has 3 aromatic rings. The van der Waals surface area contributed by atoms with Gasteiger partial charge in [0.15, 0.2) is 11.6 Å². The molecule has 3 N–H and O–H groups in total. The second kappa shape index (κ2) is 11.6. The van der Waals surface area contributed by atoms with Crippen LogP contribution in [0.1, 0.15) is 38.5 Å². The summed E-state index contributed by atoms with van der Waals surface area (Å²) in [6.45, 7) is 0.0809. The molecule has 0 saturated carbocycles. The minimum absolute atomic E-state index is 0.00541. The summed E-state index contributed by atoms with van der Waals surface area (Å²) in [4.78, 5) is 41.0. The maximum atomic E-state index is 14.6. The number of aromatic carboxylic acids is 1. The molecule has 17 heteroatoms. The van der Waals surface area contributed by atoms with Gasteiger partial charge in [-0.3, -0.25) is 9.78 Å². The van der Waals surface area contributed by atoms with E-state index in [1.54, 1.807) is 12.1 Å². The standard InChI is InChI=1S/C22H15F4N3O5.C2HF3O2/c23-14-10-13(4-6-16(14)34-22(24,25)26)21(7-9-33-17-2-1-8-27-18(17)21)29-19(30)12-3-5-15(20(31)32)28-11-12;3-2(4,5)1(6)7/h1-6,8,10-11H,7,9H2,(H,29,30)(H,31,32);(H,6,7). The number of pyridine rings is 2. The number of carboxylic acid groups (broad SMARTS) is 2. The zero-order chi connectivity index (χ0) is 30.6. The Morgan fingerprint density at radius 3 is 2.22 bits per heavy atom. The van der Waals surface area contributed by atoms with E-state index < -0.39 is 47.5 Å². The monoisotopic (exact) mass is 591 g/mol. The normalized spacial score (nSPS) is 16.3. The number of aromatic nitrogens is 2. The van der Waals surface area contributed by atoms with Crippen LogP contribution in [-0.4, -0.2) is 57.2 Å². The number of rotatable bonds is 5. The first kappa shape index (κ1) is 30.6. The van der Waals surface area contributed by atoms with Crippen LogP contribution in [0, 0.1) is 5.82 Å². The maximum Gasteiger partial charge on any atom is 0.573 e. The number of benzene rings is 1. The second-order valence-corrected chi connectivity index (χ2v) is 8.04. The molecular weight excluding hydrogens is 575 g/mol. The molecule has 0 aliphatic carbocycles. The van der Waals surface area contributed by atoms with Crippen LogP contribution in [0.5, 0.6) is 11.5 Å². The molecule has 1 amide bonds. The van der Waals surface area contributed by atoms with Gasteiger partial charge in [-0.25, -0.2) is 19.0 Å². The highest BCUT2D eigenvalue weighted by Gasteiger charge is 2.43. The van der Waals surface area contributed by atoms with Gasteiger partial charge in [-0.1, -0.05) is 6.07 Å². The lowest BCUT2D eigenvalue weighted by molar-refractivity contribution is -0.275. The van der Waals surface area contributed by atoms with Crippen molar-refractivity contribution in [3.63, 3.8) is 0 Å². The fourth-order valence-electron chi connectivity index (χ4n) is 3.63. The molecule has 0 spiro atoms. The van der Waals surface area contributed by atoms with E-state index in [1.165, 1.54) is 18.3 Å². The van der Waals surface area contributed by atoms with Crippen LogP contribution in [0.25, 0.3) is 0 Å². The topological polar surface area (TPSA) is 148 Å². The quantitative estimate of drug-likeness (QED) is 0.370. The molecule has 1 unspecified atom stereocenters. The third-order valence-electron chi connectivity index (χ3n) is 5.37. The van der Waals surface area contributed by atoms with Crippen molar-refractivity contribution in [2.24, 2.45) is 0 Å². The van der Waals surface area contributed by atoms with Gasteiger partial charge in [-0.05, 0) is 42.0 Å². The van der Waals surface area contributed by atoms with Gasteiger partial charge in [0.2, 0.25) is 0 Å². The third kappa shape index (κ3) is 7.37. The summed E-state index contributed by atoms with van der Waals surface area (Å²) in [5.41, 5.74) is -1.42. The molecule has 0 saturated heterocycles. The molecule has 218 valence electrons. The Bertz CT molecular complexity index is 1450. The first-order valence-corrected chi connectivity index (χ1v) is 11.0. The second-order valence-electron chi connectivity index (χ2n) is 8.04. The van der Waals surface area contributed by atoms with Gasteiger partial charge in [0, 0.05) is 18.8 Å². The number of fused-ring (bicyclic) bond motifs is 1. The van der Waals surface area contributed by atoms with Gasteiger partial charge < -0.3 is 25.0 Å². The van der Waals surface area contributed by atoms with Crippen LogP contribution in [0.15, 0.2) is 54.9 Å². The molecule has 0 radical (unpaired) electrons. The predicted octanol–water partition coefficient (Wildman–Crippen LogP) is 4.30. The highest BCUT2D eigenvalue weighted by molar-refractivity contribution is 5.95. The highest BCUT2D eigenvalue weighted by atomic mass is 19.4. The van der Waals surface area contributed by atoms with Gasteiger partial charge in [-0.2, -0.15) is 13.2 Å². The Labute approximate surface area is 224 Å². The summed E-state index contributed by atoms with van der Waals surface area (Å²) >= 11 is 0. The number of hydrogen-bond acceptors (Lipinski definition) is 7. The molecule has 3 heterocycles. The molecule has 41 heavy (non-hydrogen) atoms. The molecular formula is C24H16F7N3O7. The van der Waals surface area contributed by atoms with Gasteiger partial charge in [0.1, 0.15) is 22.7 Å². The zero-order valence-electron chi connectivity index (χ0n) is 20.1. The average molecular weight is 591 g/mol. The zero-order valence-corrected chi connectivity index (χ0v) is 20.1. The van der Waals surface area contributed by atoms with E-state index in [2.05, 4.69) is 20.0 Å². The Morgan fingerprint density at radius 2 is 1.68 bits per heavy atom. The minimum Gasteiger partial charge on any atom is -0.491 e. The Kier molecular flexibility index (Phi) is 8.69. The largest absolute Gasteiger partial charge is 0.573 e. The summed E-state index contributed by atoms with van der Waals surface area (Å²) in [6.07, 6.45) is -7.61.